The molecule has 3 amide bonds. The van der Waals surface area contributed by atoms with Crippen LogP contribution in [0.2, 0.25) is 0 Å². The van der Waals surface area contributed by atoms with E-state index in [0.29, 0.717) is 29.9 Å². The zero-order chi connectivity index (χ0) is 26.9. The topological polar surface area (TPSA) is 146 Å². The van der Waals surface area contributed by atoms with E-state index in [2.05, 4.69) is 21.0 Å². The highest BCUT2D eigenvalue weighted by molar-refractivity contribution is 7.92. The van der Waals surface area contributed by atoms with Gasteiger partial charge in [0.25, 0.3) is 5.91 Å². The van der Waals surface area contributed by atoms with Gasteiger partial charge in [-0.15, -0.1) is 0 Å². The molecule has 3 heterocycles. The van der Waals surface area contributed by atoms with Gasteiger partial charge in [-0.2, -0.15) is 5.10 Å². The molecule has 1 saturated carbocycles. The maximum Gasteiger partial charge on any atom is 0.270 e. The zero-order valence-corrected chi connectivity index (χ0v) is 22.6. The van der Waals surface area contributed by atoms with E-state index in [1.54, 1.807) is 31.4 Å². The molecule has 1 aliphatic carbocycles. The highest BCUT2D eigenvalue weighted by Gasteiger charge is 2.49. The summed E-state index contributed by atoms with van der Waals surface area (Å²) in [6.07, 6.45) is 9.54. The lowest BCUT2D eigenvalue weighted by molar-refractivity contribution is -0.121. The summed E-state index contributed by atoms with van der Waals surface area (Å²) in [4.78, 5) is 39.7. The van der Waals surface area contributed by atoms with E-state index >= 15 is 0 Å². The standard InChI is InChI=1S/C27H36N6O4S/c1-33-22(11-14-29-33)24(34)32-23(18-7-5-3-2-4-6-8-18)25(35)30-19-9-10-20-21(17-19)31-26(36)27(20)12-15-38(28,37)16-13-27/h9-11,14,17-18,23,28H,2-8,12-13,15-16H2,1H3,(H,30,35)(H,31,36)(H,32,34). The van der Waals surface area contributed by atoms with Crippen molar-refractivity contribution in [3.63, 3.8) is 0 Å². The predicted molar refractivity (Wildman–Crippen MR) is 145 cm³/mol. The van der Waals surface area contributed by atoms with Crippen molar-refractivity contribution in [1.82, 2.24) is 15.1 Å². The third kappa shape index (κ3) is 5.21. The van der Waals surface area contributed by atoms with E-state index in [0.717, 1.165) is 44.1 Å². The SMILES string of the molecule is Cn1nccc1C(=O)NC(C(=O)Nc1ccc2c(c1)NC(=O)C21CCS(=N)(=O)CC1)C1CCCCCCC1. The number of aryl methyl sites for hydroxylation is 1. The molecule has 1 aromatic heterocycles. The number of carbonyl (C=O) groups is 3. The number of amides is 3. The molecular weight excluding hydrogens is 504 g/mol. The molecule has 2 fully saturated rings. The minimum atomic E-state index is -2.63. The third-order valence-electron chi connectivity index (χ3n) is 8.45. The number of hydrogen-bond acceptors (Lipinski definition) is 6. The fourth-order valence-electron chi connectivity index (χ4n) is 6.16. The fourth-order valence-corrected chi connectivity index (χ4v) is 7.72. The summed E-state index contributed by atoms with van der Waals surface area (Å²) in [6.45, 7) is 0. The second kappa shape index (κ2) is 10.5. The van der Waals surface area contributed by atoms with Gasteiger partial charge < -0.3 is 16.0 Å². The summed E-state index contributed by atoms with van der Waals surface area (Å²) < 4.78 is 21.6. The van der Waals surface area contributed by atoms with Gasteiger partial charge >= 0.3 is 0 Å². The van der Waals surface area contributed by atoms with Crippen molar-refractivity contribution in [3.05, 3.63) is 41.7 Å². The lowest BCUT2D eigenvalue weighted by Gasteiger charge is -2.32. The molecule has 0 bridgehead atoms. The molecule has 11 heteroatoms. The molecular formula is C27H36N6O4S. The number of hydrogen-bond donors (Lipinski definition) is 4. The fraction of sp³-hybridized carbons (Fsp3) is 0.556. The first-order valence-corrected chi connectivity index (χ1v) is 15.4. The molecule has 5 rings (SSSR count). The Labute approximate surface area is 223 Å². The number of benzene rings is 1. The van der Waals surface area contributed by atoms with Crippen LogP contribution in [-0.2, 0) is 31.8 Å². The van der Waals surface area contributed by atoms with Crippen LogP contribution in [-0.4, -0.2) is 49.3 Å². The van der Waals surface area contributed by atoms with Crippen LogP contribution >= 0.6 is 0 Å². The second-order valence-corrected chi connectivity index (χ2v) is 13.3. The molecule has 38 heavy (non-hydrogen) atoms. The highest BCUT2D eigenvalue weighted by atomic mass is 32.2. The first-order valence-electron chi connectivity index (χ1n) is 13.5. The Hall–Kier alpha value is -3.21. The highest BCUT2D eigenvalue weighted by Crippen LogP contribution is 2.46. The molecule has 2 aliphatic heterocycles. The van der Waals surface area contributed by atoms with Crippen molar-refractivity contribution >= 4 is 38.8 Å². The van der Waals surface area contributed by atoms with Gasteiger partial charge in [-0.25, -0.2) is 4.21 Å². The van der Waals surface area contributed by atoms with E-state index in [-0.39, 0.29) is 35.1 Å². The van der Waals surface area contributed by atoms with E-state index in [9.17, 15) is 18.6 Å². The molecule has 1 saturated heterocycles. The lowest BCUT2D eigenvalue weighted by atomic mass is 9.76. The van der Waals surface area contributed by atoms with Crippen molar-refractivity contribution in [3.8, 4) is 0 Å². The third-order valence-corrected chi connectivity index (χ3v) is 10.2. The minimum Gasteiger partial charge on any atom is -0.339 e. The van der Waals surface area contributed by atoms with E-state index < -0.39 is 21.2 Å². The number of nitrogens with zero attached hydrogens (tertiary/aromatic N) is 2. The molecule has 3 aliphatic rings. The number of rotatable bonds is 5. The van der Waals surface area contributed by atoms with Gasteiger partial charge in [0.1, 0.15) is 11.7 Å². The molecule has 2 aromatic rings. The van der Waals surface area contributed by atoms with Gasteiger partial charge in [-0.1, -0.05) is 38.2 Å². The number of fused-ring (bicyclic) bond motifs is 2. The second-order valence-electron chi connectivity index (χ2n) is 10.9. The maximum atomic E-state index is 13.6. The van der Waals surface area contributed by atoms with Crippen molar-refractivity contribution in [2.45, 2.75) is 69.2 Å². The average Bonchev–Trinajstić information content (AvgIpc) is 3.40. The molecule has 1 atom stereocenters. The molecule has 4 N–H and O–H groups in total. The molecule has 0 radical (unpaired) electrons. The van der Waals surface area contributed by atoms with E-state index in [1.807, 2.05) is 6.07 Å². The quantitative estimate of drug-likeness (QED) is 0.458. The zero-order valence-electron chi connectivity index (χ0n) is 21.8. The molecule has 1 unspecified atom stereocenters. The lowest BCUT2D eigenvalue weighted by Crippen LogP contribution is -2.49. The molecule has 1 aromatic carbocycles. The van der Waals surface area contributed by atoms with Gasteiger partial charge in [-0.05, 0) is 55.4 Å². The number of aromatic nitrogens is 2. The number of anilines is 2. The summed E-state index contributed by atoms with van der Waals surface area (Å²) in [5.41, 5.74) is 1.63. The van der Waals surface area contributed by atoms with Crippen LogP contribution in [0, 0.1) is 10.7 Å². The van der Waals surface area contributed by atoms with Crippen LogP contribution in [0.3, 0.4) is 0 Å². The summed E-state index contributed by atoms with van der Waals surface area (Å²) in [7, 11) is -0.933. The van der Waals surface area contributed by atoms with Gasteiger partial charge in [0.2, 0.25) is 11.8 Å². The van der Waals surface area contributed by atoms with Gasteiger partial charge in [0.05, 0.1) is 5.41 Å². The van der Waals surface area contributed by atoms with Crippen LogP contribution < -0.4 is 16.0 Å². The van der Waals surface area contributed by atoms with Gasteiger partial charge in [0, 0.05) is 45.9 Å². The van der Waals surface area contributed by atoms with Crippen molar-refractivity contribution in [1.29, 1.82) is 4.78 Å². The molecule has 204 valence electrons. The summed E-state index contributed by atoms with van der Waals surface area (Å²) in [5.74, 6) is -0.320. The van der Waals surface area contributed by atoms with E-state index in [4.69, 9.17) is 4.78 Å². The summed E-state index contributed by atoms with van der Waals surface area (Å²) >= 11 is 0. The van der Waals surface area contributed by atoms with Crippen molar-refractivity contribution in [2.24, 2.45) is 13.0 Å². The Morgan fingerprint density at radius 2 is 1.82 bits per heavy atom. The normalized spacial score (nSPS) is 26.6. The van der Waals surface area contributed by atoms with Crippen LogP contribution in [0.15, 0.2) is 30.5 Å². The largest absolute Gasteiger partial charge is 0.339 e. The Balaban J connectivity index is 1.36. The van der Waals surface area contributed by atoms with Crippen molar-refractivity contribution in [2.75, 3.05) is 22.1 Å². The van der Waals surface area contributed by atoms with Crippen LogP contribution in [0.25, 0.3) is 0 Å². The Kier molecular flexibility index (Phi) is 7.30. The Bertz CT molecular complexity index is 1330. The summed E-state index contributed by atoms with van der Waals surface area (Å²) in [5, 5.41) is 13.0. The smallest absolute Gasteiger partial charge is 0.270 e. The van der Waals surface area contributed by atoms with Gasteiger partial charge in [-0.3, -0.25) is 23.8 Å². The van der Waals surface area contributed by atoms with Crippen LogP contribution in [0.4, 0.5) is 11.4 Å². The monoisotopic (exact) mass is 540 g/mol. The first kappa shape index (κ1) is 26.4. The molecule has 10 nitrogen and oxygen atoms in total. The van der Waals surface area contributed by atoms with E-state index in [1.165, 1.54) is 11.1 Å². The Morgan fingerprint density at radius 1 is 1.13 bits per heavy atom. The number of nitrogens with one attached hydrogen (secondary N) is 4. The summed E-state index contributed by atoms with van der Waals surface area (Å²) in [6, 6.07) is 6.31. The minimum absolute atomic E-state index is 0.0202. The first-order chi connectivity index (χ1) is 18.2. The van der Waals surface area contributed by atoms with Crippen LogP contribution in [0.5, 0.6) is 0 Å². The maximum absolute atomic E-state index is 13.6. The predicted octanol–water partition coefficient (Wildman–Crippen LogP) is 3.55. The van der Waals surface area contributed by atoms with Gasteiger partial charge in [0.15, 0.2) is 0 Å². The molecule has 1 spiro atoms. The number of carbonyl (C=O) groups excluding carboxylic acids is 3. The Morgan fingerprint density at radius 3 is 2.47 bits per heavy atom. The van der Waals surface area contributed by atoms with Crippen LogP contribution in [0.1, 0.15) is 73.8 Å². The average molecular weight is 541 g/mol. The van der Waals surface area contributed by atoms with Crippen molar-refractivity contribution < 1.29 is 18.6 Å².